The molecule has 0 heterocycles. The van der Waals surface area contributed by atoms with Crippen molar-refractivity contribution in [3.05, 3.63) is 58.1 Å². The molecule has 2 rings (SSSR count). The summed E-state index contributed by atoms with van der Waals surface area (Å²) in [5, 5.41) is 11.8. The van der Waals surface area contributed by atoms with Crippen LogP contribution in [-0.4, -0.2) is 11.0 Å². The van der Waals surface area contributed by atoms with Gasteiger partial charge >= 0.3 is 0 Å². The summed E-state index contributed by atoms with van der Waals surface area (Å²) in [6.07, 6.45) is 0. The number of nitrogens with one attached hydrogen (secondary N) is 1. The molecule has 2 aromatic rings. The molecule has 0 aliphatic heterocycles. The highest BCUT2D eigenvalue weighted by Gasteiger charge is 2.10. The fourth-order valence-corrected chi connectivity index (χ4v) is 1.73. The van der Waals surface area contributed by atoms with Crippen molar-refractivity contribution in [2.24, 2.45) is 0 Å². The Bertz CT molecular complexity index is 626. The molecule has 2 N–H and O–H groups in total. The van der Waals surface area contributed by atoms with Gasteiger partial charge in [-0.15, -0.1) is 0 Å². The molecule has 98 valence electrons. The Morgan fingerprint density at radius 3 is 2.32 bits per heavy atom. The van der Waals surface area contributed by atoms with E-state index in [-0.39, 0.29) is 17.0 Å². The maximum Gasteiger partial charge on any atom is 0.255 e. The Hall–Kier alpha value is -1.95. The van der Waals surface area contributed by atoms with E-state index in [1.807, 2.05) is 0 Å². The molecule has 0 saturated carbocycles. The number of carbonyl (C=O) groups excluding carboxylic acids is 1. The van der Waals surface area contributed by atoms with Gasteiger partial charge in [0.2, 0.25) is 0 Å². The van der Waals surface area contributed by atoms with Crippen molar-refractivity contribution in [2.45, 2.75) is 0 Å². The molecule has 3 nitrogen and oxygen atoms in total. The normalized spacial score (nSPS) is 10.3. The molecule has 0 aliphatic carbocycles. The number of amides is 1. The quantitative estimate of drug-likeness (QED) is 0.883. The van der Waals surface area contributed by atoms with Crippen molar-refractivity contribution < 1.29 is 18.7 Å². The number of aromatic hydroxyl groups is 1. The minimum absolute atomic E-state index is 0.00454. The third kappa shape index (κ3) is 3.29. The molecular formula is C13H8BrF2NO2. The molecule has 0 bridgehead atoms. The van der Waals surface area contributed by atoms with Crippen molar-refractivity contribution in [1.82, 2.24) is 0 Å². The summed E-state index contributed by atoms with van der Waals surface area (Å²) in [4.78, 5) is 11.8. The standard InChI is InChI=1S/C13H8BrF2NO2/c14-11-2-1-7(3-12(11)18)13(19)17-10-5-8(15)4-9(16)6-10/h1-6,18H,(H,17,19). The van der Waals surface area contributed by atoms with E-state index in [4.69, 9.17) is 0 Å². The summed E-state index contributed by atoms with van der Waals surface area (Å²) in [6, 6.07) is 6.92. The lowest BCUT2D eigenvalue weighted by Crippen LogP contribution is -2.12. The van der Waals surface area contributed by atoms with Gasteiger partial charge in [-0.2, -0.15) is 0 Å². The maximum atomic E-state index is 13.0. The van der Waals surface area contributed by atoms with E-state index in [2.05, 4.69) is 21.2 Å². The zero-order chi connectivity index (χ0) is 14.0. The van der Waals surface area contributed by atoms with Crippen LogP contribution < -0.4 is 5.32 Å². The molecule has 2 aromatic carbocycles. The van der Waals surface area contributed by atoms with Crippen LogP contribution in [0.5, 0.6) is 5.75 Å². The summed E-state index contributed by atoms with van der Waals surface area (Å²) in [5.41, 5.74) is 0.176. The number of phenolic OH excluding ortho intramolecular Hbond substituents is 1. The zero-order valence-corrected chi connectivity index (χ0v) is 11.0. The molecule has 0 saturated heterocycles. The number of anilines is 1. The topological polar surface area (TPSA) is 49.3 Å². The maximum absolute atomic E-state index is 13.0. The Balaban J connectivity index is 2.22. The highest BCUT2D eigenvalue weighted by molar-refractivity contribution is 9.10. The van der Waals surface area contributed by atoms with E-state index >= 15 is 0 Å². The first kappa shape index (κ1) is 13.5. The van der Waals surface area contributed by atoms with Crippen LogP contribution in [0.15, 0.2) is 40.9 Å². The number of rotatable bonds is 2. The average molecular weight is 328 g/mol. The molecule has 6 heteroatoms. The van der Waals surface area contributed by atoms with Crippen molar-refractivity contribution in [2.75, 3.05) is 5.32 Å². The Labute approximate surface area is 116 Å². The predicted octanol–water partition coefficient (Wildman–Crippen LogP) is 3.69. The van der Waals surface area contributed by atoms with E-state index in [1.165, 1.54) is 18.2 Å². The lowest BCUT2D eigenvalue weighted by molar-refractivity contribution is 0.102. The Morgan fingerprint density at radius 1 is 1.11 bits per heavy atom. The van der Waals surface area contributed by atoms with E-state index in [9.17, 15) is 18.7 Å². The van der Waals surface area contributed by atoms with Gasteiger partial charge in [0.1, 0.15) is 17.4 Å². The van der Waals surface area contributed by atoms with Crippen molar-refractivity contribution >= 4 is 27.5 Å². The molecule has 0 unspecified atom stereocenters. The van der Waals surface area contributed by atoms with Crippen molar-refractivity contribution in [3.8, 4) is 5.75 Å². The zero-order valence-electron chi connectivity index (χ0n) is 9.45. The van der Waals surface area contributed by atoms with Crippen LogP contribution >= 0.6 is 15.9 Å². The summed E-state index contributed by atoms with van der Waals surface area (Å²) < 4.78 is 26.4. The number of hydrogen-bond acceptors (Lipinski definition) is 2. The van der Waals surface area contributed by atoms with Crippen LogP contribution in [0.1, 0.15) is 10.4 Å². The molecule has 0 aliphatic rings. The molecule has 0 fully saturated rings. The minimum atomic E-state index is -0.783. The van der Waals surface area contributed by atoms with E-state index < -0.39 is 17.5 Å². The Kier molecular flexibility index (Phi) is 3.80. The number of benzene rings is 2. The van der Waals surface area contributed by atoms with Crippen molar-refractivity contribution in [1.29, 1.82) is 0 Å². The summed E-state index contributed by atoms with van der Waals surface area (Å²) >= 11 is 3.08. The van der Waals surface area contributed by atoms with Gasteiger partial charge < -0.3 is 10.4 Å². The Morgan fingerprint density at radius 2 is 1.74 bits per heavy atom. The van der Waals surface area contributed by atoms with E-state index in [1.54, 1.807) is 0 Å². The highest BCUT2D eigenvalue weighted by atomic mass is 79.9. The molecular weight excluding hydrogens is 320 g/mol. The second-order valence-electron chi connectivity index (χ2n) is 3.78. The van der Waals surface area contributed by atoms with Gasteiger partial charge in [0.05, 0.1) is 4.47 Å². The van der Waals surface area contributed by atoms with Gasteiger partial charge in [-0.3, -0.25) is 4.79 Å². The van der Waals surface area contributed by atoms with Gasteiger partial charge in [0.15, 0.2) is 0 Å². The largest absolute Gasteiger partial charge is 0.507 e. The predicted molar refractivity (Wildman–Crippen MR) is 70.1 cm³/mol. The van der Waals surface area contributed by atoms with Gasteiger partial charge in [-0.1, -0.05) is 0 Å². The second-order valence-corrected chi connectivity index (χ2v) is 4.63. The first-order valence-corrected chi connectivity index (χ1v) is 6.01. The van der Waals surface area contributed by atoms with Gasteiger partial charge in [-0.05, 0) is 46.3 Å². The van der Waals surface area contributed by atoms with Crippen LogP contribution in [0, 0.1) is 11.6 Å². The SMILES string of the molecule is O=C(Nc1cc(F)cc(F)c1)c1ccc(Br)c(O)c1. The number of phenols is 1. The molecule has 0 spiro atoms. The third-order valence-electron chi connectivity index (χ3n) is 2.33. The van der Waals surface area contributed by atoms with Gasteiger partial charge in [0, 0.05) is 17.3 Å². The minimum Gasteiger partial charge on any atom is -0.507 e. The smallest absolute Gasteiger partial charge is 0.255 e. The fourth-order valence-electron chi connectivity index (χ4n) is 1.48. The molecule has 0 radical (unpaired) electrons. The first-order chi connectivity index (χ1) is 8.95. The summed E-state index contributed by atoms with van der Waals surface area (Å²) in [7, 11) is 0. The van der Waals surface area contributed by atoms with Gasteiger partial charge in [-0.25, -0.2) is 8.78 Å². The fraction of sp³-hybridized carbons (Fsp3) is 0. The van der Waals surface area contributed by atoms with Gasteiger partial charge in [0.25, 0.3) is 5.91 Å². The highest BCUT2D eigenvalue weighted by Crippen LogP contribution is 2.24. The third-order valence-corrected chi connectivity index (χ3v) is 3.00. The molecule has 0 aromatic heterocycles. The monoisotopic (exact) mass is 327 g/mol. The summed E-state index contributed by atoms with van der Waals surface area (Å²) in [6.45, 7) is 0. The lowest BCUT2D eigenvalue weighted by atomic mass is 10.2. The lowest BCUT2D eigenvalue weighted by Gasteiger charge is -2.06. The van der Waals surface area contributed by atoms with Crippen LogP contribution in [0.3, 0.4) is 0 Å². The number of carbonyl (C=O) groups is 1. The molecule has 1 amide bonds. The first-order valence-electron chi connectivity index (χ1n) is 5.21. The van der Waals surface area contributed by atoms with E-state index in [0.717, 1.165) is 12.1 Å². The molecule has 19 heavy (non-hydrogen) atoms. The van der Waals surface area contributed by atoms with E-state index in [0.29, 0.717) is 10.5 Å². The average Bonchev–Trinajstić information content (AvgIpc) is 2.31. The van der Waals surface area contributed by atoms with Crippen molar-refractivity contribution in [3.63, 3.8) is 0 Å². The second kappa shape index (κ2) is 5.36. The summed E-state index contributed by atoms with van der Waals surface area (Å²) in [5.74, 6) is -2.24. The number of hydrogen-bond donors (Lipinski definition) is 2. The van der Waals surface area contributed by atoms with Crippen LogP contribution in [-0.2, 0) is 0 Å². The van der Waals surface area contributed by atoms with Crippen LogP contribution in [0.4, 0.5) is 14.5 Å². The molecule has 0 atom stereocenters. The van der Waals surface area contributed by atoms with Crippen LogP contribution in [0.2, 0.25) is 0 Å². The number of halogens is 3. The van der Waals surface area contributed by atoms with Crippen LogP contribution in [0.25, 0.3) is 0 Å².